The Morgan fingerprint density at radius 1 is 1.32 bits per heavy atom. The maximum Gasteiger partial charge on any atom is 0.269 e. The Kier molecular flexibility index (Phi) is 3.69. The van der Waals surface area contributed by atoms with Crippen LogP contribution in [-0.4, -0.2) is 30.9 Å². The first-order chi connectivity index (χ1) is 10.6. The van der Waals surface area contributed by atoms with Crippen molar-refractivity contribution in [1.82, 2.24) is 30.3 Å². The molecule has 112 valence electrons. The maximum atomic E-state index is 11.8. The molecule has 0 saturated carbocycles. The minimum absolute atomic E-state index is 0.194. The van der Waals surface area contributed by atoms with Crippen LogP contribution in [0.15, 0.2) is 36.7 Å². The van der Waals surface area contributed by atoms with Crippen molar-refractivity contribution < 1.29 is 4.79 Å². The lowest BCUT2D eigenvalue weighted by Gasteiger charge is -2.06. The van der Waals surface area contributed by atoms with E-state index in [4.69, 9.17) is 0 Å². The second-order valence-electron chi connectivity index (χ2n) is 5.02. The molecule has 0 saturated heterocycles. The third-order valence-corrected chi connectivity index (χ3v) is 3.23. The van der Waals surface area contributed by atoms with Gasteiger partial charge in [-0.2, -0.15) is 10.2 Å². The molecular formula is C15H16N6O. The summed E-state index contributed by atoms with van der Waals surface area (Å²) in [4.78, 5) is 16.2. The lowest BCUT2D eigenvalue weighted by molar-refractivity contribution is 0.0946. The average Bonchev–Trinajstić information content (AvgIpc) is 3.15. The summed E-state index contributed by atoms with van der Waals surface area (Å²) >= 11 is 0. The van der Waals surface area contributed by atoms with Gasteiger partial charge >= 0.3 is 0 Å². The van der Waals surface area contributed by atoms with Crippen LogP contribution in [0.3, 0.4) is 0 Å². The van der Waals surface area contributed by atoms with Gasteiger partial charge in [-0.3, -0.25) is 9.89 Å². The summed E-state index contributed by atoms with van der Waals surface area (Å²) in [5.74, 6) is 0.564. The van der Waals surface area contributed by atoms with Crippen LogP contribution in [0.25, 0.3) is 5.82 Å². The molecule has 7 nitrogen and oxygen atoms in total. The van der Waals surface area contributed by atoms with Gasteiger partial charge in [0.2, 0.25) is 0 Å². The highest BCUT2D eigenvalue weighted by Gasteiger charge is 2.07. The Morgan fingerprint density at radius 3 is 2.77 bits per heavy atom. The van der Waals surface area contributed by atoms with Crippen molar-refractivity contribution in [1.29, 1.82) is 0 Å². The van der Waals surface area contributed by atoms with E-state index in [0.29, 0.717) is 12.2 Å². The standard InChI is InChI=1S/C15H16N6O/c1-10-7-11(2)21(20-10)14-4-3-12(8-16-14)9-17-15(22)13-5-6-18-19-13/h3-8H,9H2,1-2H3,(H,17,22)(H,18,19). The quantitative estimate of drug-likeness (QED) is 0.764. The summed E-state index contributed by atoms with van der Waals surface area (Å²) in [5.41, 5.74) is 3.34. The van der Waals surface area contributed by atoms with E-state index in [-0.39, 0.29) is 5.91 Å². The van der Waals surface area contributed by atoms with Gasteiger partial charge in [-0.15, -0.1) is 0 Å². The predicted octanol–water partition coefficient (Wildman–Crippen LogP) is 1.54. The smallest absolute Gasteiger partial charge is 0.269 e. The molecule has 2 N–H and O–H groups in total. The number of aryl methyl sites for hydroxylation is 2. The van der Waals surface area contributed by atoms with Gasteiger partial charge in [0.15, 0.2) is 5.82 Å². The molecule has 0 unspecified atom stereocenters. The van der Waals surface area contributed by atoms with Crippen LogP contribution in [0, 0.1) is 13.8 Å². The van der Waals surface area contributed by atoms with Gasteiger partial charge in [-0.25, -0.2) is 9.67 Å². The zero-order chi connectivity index (χ0) is 15.5. The number of carbonyl (C=O) groups is 1. The third-order valence-electron chi connectivity index (χ3n) is 3.23. The third kappa shape index (κ3) is 2.88. The molecule has 0 aliphatic carbocycles. The second-order valence-corrected chi connectivity index (χ2v) is 5.02. The number of carbonyl (C=O) groups excluding carboxylic acids is 1. The van der Waals surface area contributed by atoms with Crippen molar-refractivity contribution >= 4 is 5.91 Å². The van der Waals surface area contributed by atoms with Crippen molar-refractivity contribution in [3.63, 3.8) is 0 Å². The fourth-order valence-electron chi connectivity index (χ4n) is 2.17. The molecule has 1 amide bonds. The second kappa shape index (κ2) is 5.80. The van der Waals surface area contributed by atoms with Crippen LogP contribution in [0.5, 0.6) is 0 Å². The summed E-state index contributed by atoms with van der Waals surface area (Å²) in [6.45, 7) is 4.34. The Hall–Kier alpha value is -2.96. The summed E-state index contributed by atoms with van der Waals surface area (Å²) in [7, 11) is 0. The van der Waals surface area contributed by atoms with Gasteiger partial charge in [0.1, 0.15) is 5.69 Å². The number of aromatic amines is 1. The molecule has 3 rings (SSSR count). The fourth-order valence-corrected chi connectivity index (χ4v) is 2.17. The van der Waals surface area contributed by atoms with Crippen molar-refractivity contribution in [2.24, 2.45) is 0 Å². The van der Waals surface area contributed by atoms with E-state index in [1.165, 1.54) is 0 Å². The van der Waals surface area contributed by atoms with Gasteiger partial charge in [-0.05, 0) is 37.6 Å². The normalized spacial score (nSPS) is 10.6. The van der Waals surface area contributed by atoms with E-state index in [1.54, 1.807) is 23.1 Å². The minimum atomic E-state index is -0.194. The van der Waals surface area contributed by atoms with Gasteiger partial charge in [0.05, 0.1) is 5.69 Å². The monoisotopic (exact) mass is 296 g/mol. The van der Waals surface area contributed by atoms with Crippen LogP contribution >= 0.6 is 0 Å². The van der Waals surface area contributed by atoms with Crippen molar-refractivity contribution in [3.8, 4) is 5.82 Å². The SMILES string of the molecule is Cc1cc(C)n(-c2ccc(CNC(=O)c3ccn[nH]3)cn2)n1. The summed E-state index contributed by atoms with van der Waals surface area (Å²) < 4.78 is 1.79. The minimum Gasteiger partial charge on any atom is -0.347 e. The Balaban J connectivity index is 1.67. The highest BCUT2D eigenvalue weighted by molar-refractivity contribution is 5.91. The number of H-pyrrole nitrogens is 1. The molecular weight excluding hydrogens is 280 g/mol. The molecule has 0 radical (unpaired) electrons. The van der Waals surface area contributed by atoms with Crippen LogP contribution < -0.4 is 5.32 Å². The van der Waals surface area contributed by atoms with Crippen molar-refractivity contribution in [2.45, 2.75) is 20.4 Å². The number of nitrogens with zero attached hydrogens (tertiary/aromatic N) is 4. The fraction of sp³-hybridized carbons (Fsp3) is 0.200. The van der Waals surface area contributed by atoms with Gasteiger partial charge < -0.3 is 5.32 Å². The molecule has 0 aromatic carbocycles. The highest BCUT2D eigenvalue weighted by Crippen LogP contribution is 2.10. The maximum absolute atomic E-state index is 11.8. The molecule has 3 aromatic rings. The first-order valence-electron chi connectivity index (χ1n) is 6.89. The summed E-state index contributed by atoms with van der Waals surface area (Å²) in [6, 6.07) is 7.43. The molecule has 7 heteroatoms. The largest absolute Gasteiger partial charge is 0.347 e. The Labute approximate surface area is 127 Å². The number of aromatic nitrogens is 5. The van der Waals surface area contributed by atoms with E-state index in [0.717, 1.165) is 22.8 Å². The molecule has 3 heterocycles. The molecule has 0 fully saturated rings. The number of nitrogens with one attached hydrogen (secondary N) is 2. The van der Waals surface area contributed by atoms with E-state index in [2.05, 4.69) is 25.6 Å². The van der Waals surface area contributed by atoms with Gasteiger partial charge in [0, 0.05) is 24.6 Å². The first-order valence-corrected chi connectivity index (χ1v) is 6.89. The van der Waals surface area contributed by atoms with Gasteiger partial charge in [0.25, 0.3) is 5.91 Å². The number of amides is 1. The van der Waals surface area contributed by atoms with E-state index >= 15 is 0 Å². The number of rotatable bonds is 4. The lowest BCUT2D eigenvalue weighted by Crippen LogP contribution is -2.23. The first kappa shape index (κ1) is 14.0. The molecule has 3 aromatic heterocycles. The van der Waals surface area contributed by atoms with E-state index < -0.39 is 0 Å². The zero-order valence-electron chi connectivity index (χ0n) is 12.4. The van der Waals surface area contributed by atoms with Crippen LogP contribution in [0.1, 0.15) is 27.4 Å². The Bertz CT molecular complexity index is 773. The predicted molar refractivity (Wildman–Crippen MR) is 80.6 cm³/mol. The lowest BCUT2D eigenvalue weighted by atomic mass is 10.2. The van der Waals surface area contributed by atoms with Crippen LogP contribution in [0.4, 0.5) is 0 Å². The molecule has 0 aliphatic heterocycles. The topological polar surface area (TPSA) is 88.5 Å². The highest BCUT2D eigenvalue weighted by atomic mass is 16.1. The van der Waals surface area contributed by atoms with E-state index in [1.807, 2.05) is 32.0 Å². The number of hydrogen-bond donors (Lipinski definition) is 2. The molecule has 0 atom stereocenters. The molecule has 0 spiro atoms. The van der Waals surface area contributed by atoms with Crippen molar-refractivity contribution in [3.05, 3.63) is 59.3 Å². The number of pyridine rings is 1. The molecule has 0 bridgehead atoms. The van der Waals surface area contributed by atoms with E-state index in [9.17, 15) is 4.79 Å². The summed E-state index contributed by atoms with van der Waals surface area (Å²) in [6.07, 6.45) is 3.28. The molecule has 0 aliphatic rings. The number of hydrogen-bond acceptors (Lipinski definition) is 4. The van der Waals surface area contributed by atoms with Crippen LogP contribution in [0.2, 0.25) is 0 Å². The Morgan fingerprint density at radius 2 is 2.18 bits per heavy atom. The summed E-state index contributed by atoms with van der Waals surface area (Å²) in [5, 5.41) is 13.6. The zero-order valence-corrected chi connectivity index (χ0v) is 12.4. The van der Waals surface area contributed by atoms with Crippen molar-refractivity contribution in [2.75, 3.05) is 0 Å². The van der Waals surface area contributed by atoms with Gasteiger partial charge in [-0.1, -0.05) is 6.07 Å². The molecule has 22 heavy (non-hydrogen) atoms. The average molecular weight is 296 g/mol. The van der Waals surface area contributed by atoms with Crippen LogP contribution in [-0.2, 0) is 6.54 Å².